The highest BCUT2D eigenvalue weighted by Gasteiger charge is 2.24. The highest BCUT2D eigenvalue weighted by molar-refractivity contribution is 5.98. The molecule has 1 amide bonds. The first-order valence-electron chi connectivity index (χ1n) is 10.2. The summed E-state index contributed by atoms with van der Waals surface area (Å²) in [6, 6.07) is 13.8. The molecular formula is C24H21N3O8. The van der Waals surface area contributed by atoms with E-state index in [9.17, 15) is 19.2 Å². The summed E-state index contributed by atoms with van der Waals surface area (Å²) in [7, 11) is 1.56. The average Bonchev–Trinajstić information content (AvgIpc) is 3.34. The van der Waals surface area contributed by atoms with Crippen molar-refractivity contribution in [2.75, 3.05) is 7.05 Å². The van der Waals surface area contributed by atoms with Gasteiger partial charge >= 0.3 is 17.9 Å². The predicted octanol–water partition coefficient (Wildman–Crippen LogP) is 2.16. The van der Waals surface area contributed by atoms with Crippen molar-refractivity contribution >= 4 is 29.7 Å². The number of carboxylic acid groups (broad SMARTS) is 2. The van der Waals surface area contributed by atoms with Crippen LogP contribution in [0, 0.1) is 0 Å². The number of hydrogen-bond acceptors (Lipinski definition) is 7. The van der Waals surface area contributed by atoms with Gasteiger partial charge in [0.2, 0.25) is 5.76 Å². The van der Waals surface area contributed by atoms with Gasteiger partial charge in [0, 0.05) is 23.7 Å². The highest BCUT2D eigenvalue weighted by atomic mass is 16.5. The van der Waals surface area contributed by atoms with Crippen LogP contribution in [-0.4, -0.2) is 53.0 Å². The Balaban J connectivity index is 1.72. The number of benzene rings is 2. The Kier molecular flexibility index (Phi) is 7.62. The number of hydrogen-bond donors (Lipinski definition) is 4. The third-order valence-electron chi connectivity index (χ3n) is 4.80. The van der Waals surface area contributed by atoms with Crippen LogP contribution in [0.4, 0.5) is 0 Å². The van der Waals surface area contributed by atoms with E-state index in [0.29, 0.717) is 17.0 Å². The molecule has 1 aromatic heterocycles. The Bertz CT molecular complexity index is 1290. The zero-order valence-corrected chi connectivity index (χ0v) is 18.4. The van der Waals surface area contributed by atoms with Crippen LogP contribution in [0.1, 0.15) is 32.9 Å². The lowest BCUT2D eigenvalue weighted by atomic mass is 10.1. The number of rotatable bonds is 9. The van der Waals surface area contributed by atoms with Crippen molar-refractivity contribution in [1.82, 2.24) is 5.32 Å². The first-order chi connectivity index (χ1) is 16.7. The van der Waals surface area contributed by atoms with Gasteiger partial charge in [-0.25, -0.2) is 9.59 Å². The van der Waals surface area contributed by atoms with Gasteiger partial charge in [0.05, 0.1) is 6.42 Å². The van der Waals surface area contributed by atoms with Crippen LogP contribution in [0.3, 0.4) is 0 Å². The topological polar surface area (TPSA) is 182 Å². The van der Waals surface area contributed by atoms with Crippen LogP contribution in [0.15, 0.2) is 70.1 Å². The maximum absolute atomic E-state index is 12.5. The number of furan rings is 1. The summed E-state index contributed by atoms with van der Waals surface area (Å²) in [6.45, 7) is 0. The number of amidine groups is 1. The lowest BCUT2D eigenvalue weighted by molar-refractivity contribution is -0.145. The largest absolute Gasteiger partial charge is 0.481 e. The maximum atomic E-state index is 12.5. The fraction of sp³-hybridized carbons (Fsp3) is 0.125. The standard InChI is InChI=1S/C24H21N3O8/c1-26-21(25)13-5-7-16(8-6-13)34-24(33)19-10-9-18(35-19)14-3-2-4-15(11-14)22(30)27-17(23(31)32)12-20(28)29/h2-11,17H,12H2,1H3,(H2,25,26)(H,27,30)(H,28,29)(H,31,32)/t17-/m0/s1. The van der Waals surface area contributed by atoms with E-state index in [1.807, 2.05) is 0 Å². The molecule has 0 fully saturated rings. The van der Waals surface area contributed by atoms with Crippen LogP contribution in [-0.2, 0) is 9.59 Å². The van der Waals surface area contributed by atoms with E-state index < -0.39 is 36.3 Å². The molecule has 3 aromatic rings. The Morgan fingerprint density at radius 3 is 2.37 bits per heavy atom. The van der Waals surface area contributed by atoms with E-state index in [0.717, 1.165) is 0 Å². The van der Waals surface area contributed by atoms with Crippen LogP contribution < -0.4 is 15.8 Å². The minimum atomic E-state index is -1.59. The summed E-state index contributed by atoms with van der Waals surface area (Å²) in [5.74, 6) is -3.56. The zero-order chi connectivity index (χ0) is 25.5. The third-order valence-corrected chi connectivity index (χ3v) is 4.80. The van der Waals surface area contributed by atoms with Gasteiger partial charge in [-0.3, -0.25) is 14.6 Å². The maximum Gasteiger partial charge on any atom is 0.379 e. The van der Waals surface area contributed by atoms with Crippen molar-refractivity contribution in [3.05, 3.63) is 77.6 Å². The summed E-state index contributed by atoms with van der Waals surface area (Å²) >= 11 is 0. The van der Waals surface area contributed by atoms with Gasteiger partial charge in [0.1, 0.15) is 23.4 Å². The zero-order valence-electron chi connectivity index (χ0n) is 18.4. The molecular weight excluding hydrogens is 458 g/mol. The molecule has 3 rings (SSSR count). The smallest absolute Gasteiger partial charge is 0.379 e. The normalized spacial score (nSPS) is 12.0. The van der Waals surface area contributed by atoms with Gasteiger partial charge in [-0.15, -0.1) is 0 Å². The van der Waals surface area contributed by atoms with Crippen molar-refractivity contribution < 1.29 is 38.5 Å². The SMILES string of the molecule is CN=C(N)c1ccc(OC(=O)c2ccc(-c3cccc(C(=O)N[C@@H](CC(=O)O)C(=O)O)c3)o2)cc1. The molecule has 0 aliphatic heterocycles. The lowest BCUT2D eigenvalue weighted by Crippen LogP contribution is -2.42. The number of esters is 1. The highest BCUT2D eigenvalue weighted by Crippen LogP contribution is 2.24. The second-order valence-electron chi connectivity index (χ2n) is 7.23. The third kappa shape index (κ3) is 6.32. The number of aliphatic imine (C=N–C) groups is 1. The average molecular weight is 479 g/mol. The molecule has 0 spiro atoms. The molecule has 0 saturated carbocycles. The molecule has 1 heterocycles. The Morgan fingerprint density at radius 1 is 1.03 bits per heavy atom. The van der Waals surface area contributed by atoms with Gasteiger partial charge in [0.25, 0.3) is 5.91 Å². The molecule has 180 valence electrons. The summed E-state index contributed by atoms with van der Waals surface area (Å²) < 4.78 is 10.9. The van der Waals surface area contributed by atoms with E-state index in [1.165, 1.54) is 30.3 Å². The van der Waals surface area contributed by atoms with Crippen molar-refractivity contribution in [2.45, 2.75) is 12.5 Å². The second kappa shape index (κ2) is 10.8. The predicted molar refractivity (Wildman–Crippen MR) is 123 cm³/mol. The fourth-order valence-electron chi connectivity index (χ4n) is 3.01. The van der Waals surface area contributed by atoms with Gasteiger partial charge in [-0.2, -0.15) is 0 Å². The van der Waals surface area contributed by atoms with E-state index in [4.69, 9.17) is 25.1 Å². The van der Waals surface area contributed by atoms with Crippen molar-refractivity contribution in [3.8, 4) is 17.1 Å². The van der Waals surface area contributed by atoms with Gasteiger partial charge in [-0.05, 0) is 48.5 Å². The Labute approximate surface area is 198 Å². The Hall–Kier alpha value is -4.93. The summed E-state index contributed by atoms with van der Waals surface area (Å²) in [5.41, 5.74) is 6.92. The van der Waals surface area contributed by atoms with Crippen LogP contribution in [0.2, 0.25) is 0 Å². The van der Waals surface area contributed by atoms with Crippen LogP contribution in [0.5, 0.6) is 5.75 Å². The second-order valence-corrected chi connectivity index (χ2v) is 7.23. The van der Waals surface area contributed by atoms with Crippen molar-refractivity contribution in [1.29, 1.82) is 0 Å². The number of amides is 1. The summed E-state index contributed by atoms with van der Waals surface area (Å²) in [6.07, 6.45) is -0.771. The minimum absolute atomic E-state index is 0.0784. The minimum Gasteiger partial charge on any atom is -0.481 e. The van der Waals surface area contributed by atoms with Gasteiger partial charge in [0.15, 0.2) is 0 Å². The van der Waals surface area contributed by atoms with Gasteiger partial charge in [-0.1, -0.05) is 12.1 Å². The number of carbonyl (C=O) groups excluding carboxylic acids is 2. The number of nitrogens with zero attached hydrogens (tertiary/aromatic N) is 1. The molecule has 0 saturated heterocycles. The molecule has 5 N–H and O–H groups in total. The number of nitrogens with two attached hydrogens (primary N) is 1. The summed E-state index contributed by atoms with van der Waals surface area (Å²) in [5, 5.41) is 20.1. The van der Waals surface area contributed by atoms with Crippen LogP contribution in [0.25, 0.3) is 11.3 Å². The molecule has 11 heteroatoms. The monoisotopic (exact) mass is 479 g/mol. The number of carbonyl (C=O) groups is 4. The quantitative estimate of drug-likeness (QED) is 0.155. The first-order valence-corrected chi connectivity index (χ1v) is 10.2. The number of carboxylic acids is 2. The van der Waals surface area contributed by atoms with Crippen LogP contribution >= 0.6 is 0 Å². The van der Waals surface area contributed by atoms with E-state index in [-0.39, 0.29) is 22.8 Å². The fourth-order valence-corrected chi connectivity index (χ4v) is 3.01. The molecule has 0 aliphatic carbocycles. The Morgan fingerprint density at radius 2 is 1.74 bits per heavy atom. The summed E-state index contributed by atoms with van der Waals surface area (Å²) in [4.78, 5) is 50.8. The number of nitrogens with one attached hydrogen (secondary N) is 1. The molecule has 0 aliphatic rings. The molecule has 1 atom stereocenters. The molecule has 0 unspecified atom stereocenters. The molecule has 0 bridgehead atoms. The lowest BCUT2D eigenvalue weighted by Gasteiger charge is -2.12. The van der Waals surface area contributed by atoms with E-state index >= 15 is 0 Å². The van der Waals surface area contributed by atoms with Gasteiger partial charge < -0.3 is 30.4 Å². The van der Waals surface area contributed by atoms with Crippen molar-refractivity contribution in [3.63, 3.8) is 0 Å². The number of ether oxygens (including phenoxy) is 1. The molecule has 35 heavy (non-hydrogen) atoms. The first kappa shape index (κ1) is 24.7. The molecule has 0 radical (unpaired) electrons. The van der Waals surface area contributed by atoms with E-state index in [2.05, 4.69) is 10.3 Å². The molecule has 2 aromatic carbocycles. The molecule has 11 nitrogen and oxygen atoms in total. The number of aliphatic carboxylic acids is 2. The van der Waals surface area contributed by atoms with E-state index in [1.54, 1.807) is 37.4 Å². The van der Waals surface area contributed by atoms with Crippen molar-refractivity contribution in [2.24, 2.45) is 10.7 Å².